The summed E-state index contributed by atoms with van der Waals surface area (Å²) in [4.78, 5) is 27.2. The van der Waals surface area contributed by atoms with Crippen molar-refractivity contribution in [2.75, 3.05) is 5.33 Å². The summed E-state index contributed by atoms with van der Waals surface area (Å²) in [6.07, 6.45) is 4.62. The van der Waals surface area contributed by atoms with Crippen molar-refractivity contribution in [3.8, 4) is 0 Å². The third kappa shape index (κ3) is 2.70. The molecular weight excluding hydrogens is 321 g/mol. The van der Waals surface area contributed by atoms with Gasteiger partial charge in [-0.1, -0.05) is 33.6 Å². The molecule has 0 atom stereocenters. The molecule has 0 spiro atoms. The molecule has 0 fully saturated rings. The van der Waals surface area contributed by atoms with Gasteiger partial charge in [0, 0.05) is 18.6 Å². The minimum Gasteiger partial charge on any atom is -0.294 e. The number of pyridine rings is 1. The Balaban J connectivity index is 2.25. The molecule has 0 N–H and O–H groups in total. The monoisotopic (exact) mass is 329 g/mol. The number of alkyl halides is 1. The predicted molar refractivity (Wildman–Crippen MR) is 71.5 cm³/mol. The molecular formula is C11H9BrClN3O2. The Morgan fingerprint density at radius 2 is 2.17 bits per heavy atom. The fraction of sp³-hybridized carbons (Fsp3) is 0.182. The van der Waals surface area contributed by atoms with Crippen LogP contribution in [0.3, 0.4) is 0 Å². The van der Waals surface area contributed by atoms with Crippen molar-refractivity contribution < 1.29 is 4.79 Å². The van der Waals surface area contributed by atoms with Crippen LogP contribution in [0.5, 0.6) is 0 Å². The Morgan fingerprint density at radius 3 is 2.78 bits per heavy atom. The van der Waals surface area contributed by atoms with Crippen LogP contribution in [0.4, 0.5) is 0 Å². The molecule has 0 radical (unpaired) electrons. The molecule has 2 aromatic rings. The van der Waals surface area contributed by atoms with E-state index in [0.717, 1.165) is 10.1 Å². The number of carbonyl (C=O) groups is 1. The minimum absolute atomic E-state index is 0.111. The van der Waals surface area contributed by atoms with Crippen LogP contribution in [0.2, 0.25) is 5.15 Å². The van der Waals surface area contributed by atoms with Gasteiger partial charge < -0.3 is 0 Å². The minimum atomic E-state index is -0.366. The van der Waals surface area contributed by atoms with Gasteiger partial charge in [-0.05, 0) is 11.6 Å². The first kappa shape index (κ1) is 13.0. The number of nitrogens with zero attached hydrogens (tertiary/aromatic N) is 3. The number of aromatic nitrogens is 3. The molecule has 0 saturated carbocycles. The van der Waals surface area contributed by atoms with Crippen molar-refractivity contribution in [3.05, 3.63) is 51.9 Å². The quantitative estimate of drug-likeness (QED) is 0.637. The summed E-state index contributed by atoms with van der Waals surface area (Å²) in [6, 6.07) is 3.44. The van der Waals surface area contributed by atoms with E-state index in [-0.39, 0.29) is 16.9 Å². The molecule has 7 heteroatoms. The van der Waals surface area contributed by atoms with Crippen LogP contribution in [-0.2, 0) is 6.54 Å². The topological polar surface area (TPSA) is 56.9 Å². The first-order valence-corrected chi connectivity index (χ1v) is 6.59. The Kier molecular flexibility index (Phi) is 3.98. The maximum atomic E-state index is 11.9. The highest BCUT2D eigenvalue weighted by Crippen LogP contribution is 2.06. The molecule has 0 aliphatic carbocycles. The van der Waals surface area contributed by atoms with Gasteiger partial charge in [-0.25, -0.2) is 14.3 Å². The predicted octanol–water partition coefficient (Wildman–Crippen LogP) is 1.78. The second kappa shape index (κ2) is 5.49. The summed E-state index contributed by atoms with van der Waals surface area (Å²) in [5, 5.41) is 0.512. The molecule has 0 amide bonds. The normalized spacial score (nSPS) is 10.6. The molecule has 94 valence electrons. The average Bonchev–Trinajstić information content (AvgIpc) is 2.73. The second-order valence-electron chi connectivity index (χ2n) is 3.60. The van der Waals surface area contributed by atoms with Crippen LogP contribution in [-0.4, -0.2) is 25.4 Å². The maximum absolute atomic E-state index is 11.9. The number of rotatable bonds is 3. The van der Waals surface area contributed by atoms with Crippen LogP contribution in [0.25, 0.3) is 0 Å². The van der Waals surface area contributed by atoms with Crippen LogP contribution >= 0.6 is 27.5 Å². The lowest BCUT2D eigenvalue weighted by Gasteiger charge is -2.01. The zero-order valence-electron chi connectivity index (χ0n) is 9.22. The standard InChI is InChI=1S/C11H9BrClN3O2/c12-5-10(17)16-4-3-15(11(16)18)7-8-1-2-9(13)14-6-8/h1-4,6H,5,7H2. The van der Waals surface area contributed by atoms with Crippen molar-refractivity contribution in [1.82, 2.24) is 14.1 Å². The smallest absolute Gasteiger partial charge is 0.294 e. The van der Waals surface area contributed by atoms with E-state index in [2.05, 4.69) is 20.9 Å². The lowest BCUT2D eigenvalue weighted by Crippen LogP contribution is -2.29. The molecule has 0 aliphatic rings. The van der Waals surface area contributed by atoms with Gasteiger partial charge in [0.1, 0.15) is 5.15 Å². The molecule has 0 saturated heterocycles. The summed E-state index contributed by atoms with van der Waals surface area (Å²) in [5.74, 6) is -0.298. The highest BCUT2D eigenvalue weighted by Gasteiger charge is 2.09. The van der Waals surface area contributed by atoms with Gasteiger partial charge in [0.05, 0.1) is 11.9 Å². The lowest BCUT2D eigenvalue weighted by molar-refractivity contribution is 0.0938. The molecule has 0 unspecified atom stereocenters. The van der Waals surface area contributed by atoms with Crippen molar-refractivity contribution in [2.24, 2.45) is 0 Å². The Labute approximate surface area is 116 Å². The molecule has 0 aromatic carbocycles. The van der Waals surface area contributed by atoms with E-state index in [1.807, 2.05) is 0 Å². The lowest BCUT2D eigenvalue weighted by atomic mass is 10.3. The van der Waals surface area contributed by atoms with Gasteiger partial charge in [-0.3, -0.25) is 9.36 Å². The fourth-order valence-electron chi connectivity index (χ4n) is 1.48. The molecule has 2 heterocycles. The molecule has 0 bridgehead atoms. The number of hydrogen-bond acceptors (Lipinski definition) is 3. The van der Waals surface area contributed by atoms with Gasteiger partial charge in [0.2, 0.25) is 5.91 Å². The molecule has 2 rings (SSSR count). The number of hydrogen-bond donors (Lipinski definition) is 0. The van der Waals surface area contributed by atoms with E-state index in [1.54, 1.807) is 24.5 Å². The molecule has 0 aliphatic heterocycles. The third-order valence-corrected chi connectivity index (χ3v) is 3.08. The van der Waals surface area contributed by atoms with E-state index >= 15 is 0 Å². The van der Waals surface area contributed by atoms with E-state index in [0.29, 0.717) is 11.7 Å². The van der Waals surface area contributed by atoms with E-state index < -0.39 is 0 Å². The largest absolute Gasteiger partial charge is 0.335 e. The van der Waals surface area contributed by atoms with Crippen molar-refractivity contribution >= 4 is 33.4 Å². The van der Waals surface area contributed by atoms with Gasteiger partial charge in [-0.15, -0.1) is 0 Å². The van der Waals surface area contributed by atoms with Gasteiger partial charge >= 0.3 is 5.69 Å². The Morgan fingerprint density at radius 1 is 1.39 bits per heavy atom. The van der Waals surface area contributed by atoms with Crippen molar-refractivity contribution in [3.63, 3.8) is 0 Å². The SMILES string of the molecule is O=C(CBr)n1ccn(Cc2ccc(Cl)nc2)c1=O. The van der Waals surface area contributed by atoms with Crippen LogP contribution in [0.1, 0.15) is 10.4 Å². The van der Waals surface area contributed by atoms with E-state index in [1.165, 1.54) is 10.8 Å². The first-order valence-electron chi connectivity index (χ1n) is 5.09. The summed E-state index contributed by atoms with van der Waals surface area (Å²) in [6.45, 7) is 0.353. The van der Waals surface area contributed by atoms with Crippen molar-refractivity contribution in [2.45, 2.75) is 6.54 Å². The van der Waals surface area contributed by atoms with Gasteiger partial charge in [0.15, 0.2) is 0 Å². The highest BCUT2D eigenvalue weighted by atomic mass is 79.9. The summed E-state index contributed by atoms with van der Waals surface area (Å²) >= 11 is 8.70. The highest BCUT2D eigenvalue weighted by molar-refractivity contribution is 9.09. The first-order chi connectivity index (χ1) is 8.61. The zero-order valence-corrected chi connectivity index (χ0v) is 11.6. The fourth-order valence-corrected chi connectivity index (χ4v) is 1.87. The molecule has 18 heavy (non-hydrogen) atoms. The second-order valence-corrected chi connectivity index (χ2v) is 4.54. The van der Waals surface area contributed by atoms with Crippen LogP contribution < -0.4 is 5.69 Å². The van der Waals surface area contributed by atoms with Crippen molar-refractivity contribution in [1.29, 1.82) is 0 Å². The number of imidazole rings is 1. The molecule has 5 nitrogen and oxygen atoms in total. The number of carbonyl (C=O) groups excluding carboxylic acids is 1. The Hall–Kier alpha value is -1.40. The third-order valence-electron chi connectivity index (χ3n) is 2.37. The zero-order chi connectivity index (χ0) is 13.1. The Bertz CT molecular complexity index is 618. The van der Waals surface area contributed by atoms with E-state index in [9.17, 15) is 9.59 Å². The maximum Gasteiger partial charge on any atom is 0.335 e. The molecule has 2 aromatic heterocycles. The van der Waals surface area contributed by atoms with Gasteiger partial charge in [-0.2, -0.15) is 0 Å². The number of halogens is 2. The average molecular weight is 331 g/mol. The summed E-state index contributed by atoms with van der Waals surface area (Å²) < 4.78 is 2.50. The summed E-state index contributed by atoms with van der Waals surface area (Å²) in [5.41, 5.74) is 0.472. The summed E-state index contributed by atoms with van der Waals surface area (Å²) in [7, 11) is 0. The van der Waals surface area contributed by atoms with Crippen LogP contribution in [0.15, 0.2) is 35.5 Å². The van der Waals surface area contributed by atoms with E-state index in [4.69, 9.17) is 11.6 Å². The van der Waals surface area contributed by atoms with Crippen LogP contribution in [0, 0.1) is 0 Å². The van der Waals surface area contributed by atoms with Gasteiger partial charge in [0.25, 0.3) is 0 Å².